The molecule has 0 unspecified atom stereocenters. The lowest BCUT2D eigenvalue weighted by Gasteiger charge is -2.37. The van der Waals surface area contributed by atoms with Crippen molar-refractivity contribution in [3.05, 3.63) is 0 Å². The number of carbonyl (C=O) groups is 1. The summed E-state index contributed by atoms with van der Waals surface area (Å²) >= 11 is 0. The van der Waals surface area contributed by atoms with E-state index in [4.69, 9.17) is 0 Å². The van der Waals surface area contributed by atoms with Gasteiger partial charge in [-0.3, -0.25) is 4.79 Å². The van der Waals surface area contributed by atoms with Gasteiger partial charge >= 0.3 is 5.97 Å². The Labute approximate surface area is 96.0 Å². The summed E-state index contributed by atoms with van der Waals surface area (Å²) in [6, 6.07) is 0. The van der Waals surface area contributed by atoms with Crippen LogP contribution in [0.15, 0.2) is 0 Å². The van der Waals surface area contributed by atoms with Crippen LogP contribution in [0.2, 0.25) is 0 Å². The molecule has 0 amide bonds. The average Bonchev–Trinajstić information content (AvgIpc) is 2.59. The van der Waals surface area contributed by atoms with E-state index in [-0.39, 0.29) is 5.75 Å². The summed E-state index contributed by atoms with van der Waals surface area (Å²) in [5.41, 5.74) is -0.979. The van der Waals surface area contributed by atoms with Crippen molar-refractivity contribution in [2.24, 2.45) is 5.41 Å². The Morgan fingerprint density at radius 3 is 2.19 bits per heavy atom. The third-order valence-corrected chi connectivity index (χ3v) is 6.53. The van der Waals surface area contributed by atoms with E-state index in [9.17, 15) is 18.3 Å². The number of rotatable bonds is 2. The molecular weight excluding hydrogens is 228 g/mol. The van der Waals surface area contributed by atoms with E-state index in [1.165, 1.54) is 0 Å². The van der Waals surface area contributed by atoms with Crippen molar-refractivity contribution in [1.29, 1.82) is 0 Å². The fraction of sp³-hybridized carbons (Fsp3) is 0.909. The largest absolute Gasteiger partial charge is 0.481 e. The van der Waals surface area contributed by atoms with Gasteiger partial charge < -0.3 is 5.11 Å². The highest BCUT2D eigenvalue weighted by atomic mass is 32.2. The second-order valence-corrected chi connectivity index (χ2v) is 7.32. The number of carboxylic acids is 1. The molecule has 0 bridgehead atoms. The summed E-state index contributed by atoms with van der Waals surface area (Å²) in [5.74, 6) is -0.727. The van der Waals surface area contributed by atoms with Crippen LogP contribution >= 0.6 is 0 Å². The maximum Gasteiger partial charge on any atom is 0.310 e. The highest BCUT2D eigenvalue weighted by molar-refractivity contribution is 7.92. The van der Waals surface area contributed by atoms with Gasteiger partial charge in [-0.2, -0.15) is 0 Å². The molecule has 2 fully saturated rings. The van der Waals surface area contributed by atoms with Crippen LogP contribution in [0, 0.1) is 5.41 Å². The van der Waals surface area contributed by atoms with Gasteiger partial charge in [-0.25, -0.2) is 8.42 Å². The number of carboxylic acid groups (broad SMARTS) is 1. The molecule has 1 saturated carbocycles. The molecule has 2 rings (SSSR count). The van der Waals surface area contributed by atoms with Gasteiger partial charge in [-0.15, -0.1) is 0 Å². The first-order chi connectivity index (χ1) is 7.49. The lowest BCUT2D eigenvalue weighted by molar-refractivity contribution is -0.151. The van der Waals surface area contributed by atoms with Crippen molar-refractivity contribution in [2.75, 3.05) is 5.75 Å². The Hall–Kier alpha value is -0.580. The average molecular weight is 246 g/mol. The van der Waals surface area contributed by atoms with Crippen molar-refractivity contribution in [3.63, 3.8) is 0 Å². The van der Waals surface area contributed by atoms with Crippen molar-refractivity contribution in [1.82, 2.24) is 0 Å². The van der Waals surface area contributed by atoms with Crippen molar-refractivity contribution >= 4 is 15.8 Å². The van der Waals surface area contributed by atoms with Gasteiger partial charge in [0.2, 0.25) is 0 Å². The van der Waals surface area contributed by atoms with Crippen molar-refractivity contribution in [3.8, 4) is 0 Å². The molecule has 1 N–H and O–H groups in total. The number of sulfone groups is 1. The fourth-order valence-electron chi connectivity index (χ4n) is 3.27. The van der Waals surface area contributed by atoms with Gasteiger partial charge in [-0.05, 0) is 25.7 Å². The molecule has 0 radical (unpaired) electrons. The van der Waals surface area contributed by atoms with Crippen molar-refractivity contribution in [2.45, 2.75) is 50.2 Å². The molecule has 1 aliphatic heterocycles. The molecule has 5 heteroatoms. The Morgan fingerprint density at radius 2 is 1.75 bits per heavy atom. The minimum Gasteiger partial charge on any atom is -0.481 e. The molecular formula is C11H18O4S. The highest BCUT2D eigenvalue weighted by Gasteiger charge is 2.53. The van der Waals surface area contributed by atoms with Crippen LogP contribution in [-0.2, 0) is 14.6 Å². The maximum absolute atomic E-state index is 11.9. The molecule has 0 aromatic heterocycles. The SMILES string of the molecule is O=C(O)C1([C@H]2CCCS2(=O)=O)CCCCC1. The smallest absolute Gasteiger partial charge is 0.310 e. The minimum absolute atomic E-state index is 0.173. The first-order valence-corrected chi connectivity index (χ1v) is 7.65. The van der Waals surface area contributed by atoms with Crippen LogP contribution in [-0.4, -0.2) is 30.5 Å². The molecule has 2 aliphatic rings. The molecule has 0 aromatic carbocycles. The van der Waals surface area contributed by atoms with Crippen molar-refractivity contribution < 1.29 is 18.3 Å². The van der Waals surface area contributed by atoms with Crippen LogP contribution in [0.25, 0.3) is 0 Å². The fourth-order valence-corrected chi connectivity index (χ4v) is 5.67. The van der Waals surface area contributed by atoms with Gasteiger partial charge in [0.1, 0.15) is 0 Å². The second-order valence-electron chi connectivity index (χ2n) is 5.02. The molecule has 0 aromatic rings. The molecule has 4 nitrogen and oxygen atoms in total. The summed E-state index contributed by atoms with van der Waals surface area (Å²) in [5, 5.41) is 8.79. The van der Waals surface area contributed by atoms with E-state index in [1.807, 2.05) is 0 Å². The van der Waals surface area contributed by atoms with Crippen LogP contribution in [0.4, 0.5) is 0 Å². The molecule has 16 heavy (non-hydrogen) atoms. The maximum atomic E-state index is 11.9. The van der Waals surface area contributed by atoms with Gasteiger partial charge in [0.15, 0.2) is 9.84 Å². The van der Waals surface area contributed by atoms with Crippen LogP contribution in [0.1, 0.15) is 44.9 Å². The van der Waals surface area contributed by atoms with Gasteiger partial charge in [0.05, 0.1) is 16.4 Å². The normalized spacial score (nSPS) is 32.4. The van der Waals surface area contributed by atoms with Gasteiger partial charge in [-0.1, -0.05) is 19.3 Å². The molecule has 0 spiro atoms. The third kappa shape index (κ3) is 1.75. The van der Waals surface area contributed by atoms with Gasteiger partial charge in [0.25, 0.3) is 0 Å². The summed E-state index contributed by atoms with van der Waals surface area (Å²) in [6.45, 7) is 0. The van der Waals surface area contributed by atoms with E-state index in [2.05, 4.69) is 0 Å². The predicted molar refractivity (Wildman–Crippen MR) is 60.0 cm³/mol. The lowest BCUT2D eigenvalue weighted by atomic mass is 9.70. The molecule has 1 atom stereocenters. The lowest BCUT2D eigenvalue weighted by Crippen LogP contribution is -2.46. The van der Waals surface area contributed by atoms with E-state index >= 15 is 0 Å². The number of aliphatic carboxylic acids is 1. The monoisotopic (exact) mass is 246 g/mol. The minimum atomic E-state index is -3.17. The first kappa shape index (κ1) is 11.9. The van der Waals surface area contributed by atoms with Gasteiger partial charge in [0, 0.05) is 0 Å². The van der Waals surface area contributed by atoms with Crippen LogP contribution in [0.5, 0.6) is 0 Å². The summed E-state index contributed by atoms with van der Waals surface area (Å²) < 4.78 is 23.8. The van der Waals surface area contributed by atoms with Crippen LogP contribution in [0.3, 0.4) is 0 Å². The Bertz CT molecular complexity index is 379. The Morgan fingerprint density at radius 1 is 1.12 bits per heavy atom. The van der Waals surface area contributed by atoms with E-state index in [0.29, 0.717) is 25.7 Å². The summed E-state index contributed by atoms with van der Waals surface area (Å²) in [4.78, 5) is 11.5. The summed E-state index contributed by atoms with van der Waals surface area (Å²) in [7, 11) is -3.17. The van der Waals surface area contributed by atoms with E-state index in [0.717, 1.165) is 19.3 Å². The standard InChI is InChI=1S/C11H18O4S/c12-10(13)11(6-2-1-3-7-11)9-5-4-8-16(9,14)15/h9H,1-8H2,(H,12,13)/t9-/m1/s1. The van der Waals surface area contributed by atoms with Crippen LogP contribution < -0.4 is 0 Å². The summed E-state index contributed by atoms with van der Waals surface area (Å²) in [6.07, 6.45) is 4.95. The topological polar surface area (TPSA) is 71.4 Å². The van der Waals surface area contributed by atoms with E-state index < -0.39 is 26.5 Å². The highest BCUT2D eigenvalue weighted by Crippen LogP contribution is 2.46. The zero-order chi connectivity index (χ0) is 11.8. The number of hydrogen-bond donors (Lipinski definition) is 1. The molecule has 92 valence electrons. The number of hydrogen-bond acceptors (Lipinski definition) is 3. The second kappa shape index (κ2) is 4.02. The predicted octanol–water partition coefficient (Wildman–Crippen LogP) is 1.60. The molecule has 1 heterocycles. The Kier molecular flexibility index (Phi) is 2.99. The van der Waals surface area contributed by atoms with E-state index in [1.54, 1.807) is 0 Å². The first-order valence-electron chi connectivity index (χ1n) is 5.94. The molecule has 1 saturated heterocycles. The Balaban J connectivity index is 2.36. The zero-order valence-corrected chi connectivity index (χ0v) is 10.1. The zero-order valence-electron chi connectivity index (χ0n) is 9.31. The molecule has 1 aliphatic carbocycles. The quantitative estimate of drug-likeness (QED) is 0.803. The third-order valence-electron chi connectivity index (χ3n) is 4.12.